The lowest BCUT2D eigenvalue weighted by Crippen LogP contribution is -2.44. The van der Waals surface area contributed by atoms with E-state index in [2.05, 4.69) is 51.0 Å². The van der Waals surface area contributed by atoms with Gasteiger partial charge < -0.3 is 14.6 Å². The lowest BCUT2D eigenvalue weighted by Gasteiger charge is -2.38. The van der Waals surface area contributed by atoms with Gasteiger partial charge in [0.1, 0.15) is 5.82 Å². The first kappa shape index (κ1) is 18.4. The summed E-state index contributed by atoms with van der Waals surface area (Å²) in [5.74, 6) is -0.143. The first-order valence-electron chi connectivity index (χ1n) is 8.55. The van der Waals surface area contributed by atoms with Crippen molar-refractivity contribution >= 4 is 14.0 Å². The molecule has 0 amide bonds. The highest BCUT2D eigenvalue weighted by molar-refractivity contribution is 6.74. The molecule has 1 heterocycles. The third-order valence-electron chi connectivity index (χ3n) is 5.17. The number of hydrogen-bond acceptors (Lipinski definition) is 3. The molecule has 1 aliphatic rings. The van der Waals surface area contributed by atoms with Crippen LogP contribution in [0.15, 0.2) is 18.2 Å². The number of hydrogen-bond donors (Lipinski definition) is 1. The minimum Gasteiger partial charge on any atom is -0.410 e. The second kappa shape index (κ2) is 6.91. The molecule has 0 aromatic heterocycles. The van der Waals surface area contributed by atoms with E-state index in [1.807, 2.05) is 12.1 Å². The molecule has 5 heteroatoms. The highest BCUT2D eigenvalue weighted by Crippen LogP contribution is 2.40. The number of rotatable bonds is 4. The van der Waals surface area contributed by atoms with Gasteiger partial charge in [-0.15, -0.1) is 0 Å². The van der Waals surface area contributed by atoms with Crippen molar-refractivity contribution in [3.05, 3.63) is 29.6 Å². The van der Waals surface area contributed by atoms with Crippen LogP contribution in [0.1, 0.15) is 39.4 Å². The van der Waals surface area contributed by atoms with Crippen LogP contribution < -0.4 is 10.2 Å². The van der Waals surface area contributed by atoms with Crippen molar-refractivity contribution in [2.24, 2.45) is 0 Å². The third-order valence-corrected chi connectivity index (χ3v) is 9.73. The van der Waals surface area contributed by atoms with E-state index in [-0.39, 0.29) is 17.0 Å². The van der Waals surface area contributed by atoms with Crippen LogP contribution in [0, 0.1) is 5.82 Å². The molecule has 0 aliphatic carbocycles. The molecular formula is C18H31FN2OSi. The summed E-state index contributed by atoms with van der Waals surface area (Å²) in [4.78, 5) is 2.12. The molecule has 0 radical (unpaired) electrons. The molecule has 1 aromatic carbocycles. The molecular weight excluding hydrogens is 307 g/mol. The number of piperazine rings is 1. The quantitative estimate of drug-likeness (QED) is 0.828. The summed E-state index contributed by atoms with van der Waals surface area (Å²) in [6.45, 7) is 16.8. The van der Waals surface area contributed by atoms with Crippen LogP contribution in [0.4, 0.5) is 10.1 Å². The largest absolute Gasteiger partial charge is 0.410 e. The summed E-state index contributed by atoms with van der Waals surface area (Å²) >= 11 is 0. The molecule has 1 saturated heterocycles. The molecule has 1 fully saturated rings. The van der Waals surface area contributed by atoms with E-state index >= 15 is 0 Å². The van der Waals surface area contributed by atoms with Crippen molar-refractivity contribution in [1.29, 1.82) is 0 Å². The van der Waals surface area contributed by atoms with Crippen LogP contribution in [-0.4, -0.2) is 34.5 Å². The van der Waals surface area contributed by atoms with Gasteiger partial charge >= 0.3 is 0 Å². The molecule has 1 aliphatic heterocycles. The van der Waals surface area contributed by atoms with E-state index in [4.69, 9.17) is 4.43 Å². The van der Waals surface area contributed by atoms with Crippen molar-refractivity contribution in [3.8, 4) is 0 Å². The minimum atomic E-state index is -1.84. The summed E-state index contributed by atoms with van der Waals surface area (Å²) in [5.41, 5.74) is 1.76. The van der Waals surface area contributed by atoms with Gasteiger partial charge in [0.2, 0.25) is 0 Å². The van der Waals surface area contributed by atoms with Crippen LogP contribution in [0.5, 0.6) is 0 Å². The highest BCUT2D eigenvalue weighted by Gasteiger charge is 2.38. The van der Waals surface area contributed by atoms with Gasteiger partial charge in [0.05, 0.1) is 11.8 Å². The Bertz CT molecular complexity index is 536. The first-order chi connectivity index (χ1) is 10.6. The molecule has 130 valence electrons. The Balaban J connectivity index is 2.19. The van der Waals surface area contributed by atoms with E-state index in [0.29, 0.717) is 5.69 Å². The number of nitrogens with one attached hydrogen (secondary N) is 1. The summed E-state index contributed by atoms with van der Waals surface area (Å²) < 4.78 is 20.7. The molecule has 1 atom stereocenters. The van der Waals surface area contributed by atoms with E-state index in [0.717, 1.165) is 31.7 Å². The summed E-state index contributed by atoms with van der Waals surface area (Å²) in [7, 11) is -1.84. The lowest BCUT2D eigenvalue weighted by molar-refractivity contribution is 0.203. The van der Waals surface area contributed by atoms with Gasteiger partial charge in [0.25, 0.3) is 0 Å². The van der Waals surface area contributed by atoms with Gasteiger partial charge in [-0.25, -0.2) is 4.39 Å². The maximum absolute atomic E-state index is 14.3. The molecule has 3 nitrogen and oxygen atoms in total. The molecule has 23 heavy (non-hydrogen) atoms. The third kappa shape index (κ3) is 4.34. The van der Waals surface area contributed by atoms with E-state index in [1.165, 1.54) is 0 Å². The van der Waals surface area contributed by atoms with Gasteiger partial charge in [-0.2, -0.15) is 0 Å². The van der Waals surface area contributed by atoms with Crippen molar-refractivity contribution in [3.63, 3.8) is 0 Å². The maximum atomic E-state index is 14.3. The first-order valence-corrected chi connectivity index (χ1v) is 11.5. The van der Waals surface area contributed by atoms with Gasteiger partial charge in [-0.05, 0) is 42.8 Å². The van der Waals surface area contributed by atoms with E-state index in [1.54, 1.807) is 6.07 Å². The average Bonchev–Trinajstić information content (AvgIpc) is 2.47. The maximum Gasteiger partial charge on any atom is 0.192 e. The number of halogens is 1. The fourth-order valence-electron chi connectivity index (χ4n) is 2.62. The van der Waals surface area contributed by atoms with Crippen LogP contribution in [0.2, 0.25) is 18.1 Å². The Kier molecular flexibility index (Phi) is 5.54. The van der Waals surface area contributed by atoms with Crippen molar-refractivity contribution in [2.75, 3.05) is 31.1 Å². The molecule has 2 rings (SSSR count). The fraction of sp³-hybridized carbons (Fsp3) is 0.667. The molecule has 1 N–H and O–H groups in total. The fourth-order valence-corrected chi connectivity index (χ4v) is 3.99. The zero-order valence-corrected chi connectivity index (χ0v) is 16.4. The monoisotopic (exact) mass is 338 g/mol. The van der Waals surface area contributed by atoms with Gasteiger partial charge in [0.15, 0.2) is 8.32 Å². The second-order valence-corrected chi connectivity index (χ2v) is 12.7. The SMILES string of the molecule is C[C@H](O[Si](C)(C)C(C)(C)C)c1ccc(F)c(N2CCNCC2)c1. The number of nitrogens with zero attached hydrogens (tertiary/aromatic N) is 1. The topological polar surface area (TPSA) is 24.5 Å². The molecule has 0 saturated carbocycles. The number of anilines is 1. The van der Waals surface area contributed by atoms with E-state index < -0.39 is 8.32 Å². The van der Waals surface area contributed by atoms with Crippen LogP contribution >= 0.6 is 0 Å². The van der Waals surface area contributed by atoms with Crippen LogP contribution in [0.3, 0.4) is 0 Å². The summed E-state index contributed by atoms with van der Waals surface area (Å²) in [6.07, 6.45) is -0.0156. The Hall–Kier alpha value is -0.913. The van der Waals surface area contributed by atoms with Gasteiger partial charge in [-0.1, -0.05) is 26.8 Å². The molecule has 0 unspecified atom stereocenters. The zero-order chi connectivity index (χ0) is 17.3. The van der Waals surface area contributed by atoms with E-state index in [9.17, 15) is 4.39 Å². The lowest BCUT2D eigenvalue weighted by atomic mass is 10.1. The smallest absolute Gasteiger partial charge is 0.192 e. The van der Waals surface area contributed by atoms with Gasteiger partial charge in [0, 0.05) is 26.2 Å². The second-order valence-electron chi connectivity index (χ2n) is 7.97. The Morgan fingerprint density at radius 3 is 2.39 bits per heavy atom. The number of benzene rings is 1. The Morgan fingerprint density at radius 2 is 1.83 bits per heavy atom. The minimum absolute atomic E-state index is 0.0156. The van der Waals surface area contributed by atoms with Crippen molar-refractivity contribution in [2.45, 2.75) is 51.9 Å². The predicted octanol–water partition coefficient (Wildman–Crippen LogP) is 4.32. The Labute approximate surface area is 141 Å². The van der Waals surface area contributed by atoms with Crippen molar-refractivity contribution in [1.82, 2.24) is 5.32 Å². The summed E-state index contributed by atoms with van der Waals surface area (Å²) in [5, 5.41) is 3.48. The van der Waals surface area contributed by atoms with Crippen molar-refractivity contribution < 1.29 is 8.82 Å². The normalized spacial score (nSPS) is 18.1. The molecule has 0 bridgehead atoms. The summed E-state index contributed by atoms with van der Waals surface area (Å²) in [6, 6.07) is 5.41. The average molecular weight is 339 g/mol. The highest BCUT2D eigenvalue weighted by atomic mass is 28.4. The van der Waals surface area contributed by atoms with Crippen LogP contribution in [0.25, 0.3) is 0 Å². The molecule has 1 aromatic rings. The van der Waals surface area contributed by atoms with Gasteiger partial charge in [-0.3, -0.25) is 0 Å². The van der Waals surface area contributed by atoms with Crippen LogP contribution in [-0.2, 0) is 4.43 Å². The standard InChI is InChI=1S/C18H31FN2OSi/c1-14(22-23(5,6)18(2,3)4)15-7-8-16(19)17(13-15)21-11-9-20-10-12-21/h7-8,13-14,20H,9-12H2,1-6H3/t14-/m0/s1. The zero-order valence-electron chi connectivity index (χ0n) is 15.4. The Morgan fingerprint density at radius 1 is 1.22 bits per heavy atom. The molecule has 0 spiro atoms. The predicted molar refractivity (Wildman–Crippen MR) is 98.2 cm³/mol.